The molecule has 0 fully saturated rings. The fraction of sp³-hybridized carbons (Fsp3) is 0.892. The van der Waals surface area contributed by atoms with E-state index in [2.05, 4.69) is 26.0 Å². The molecule has 278 valence electrons. The van der Waals surface area contributed by atoms with Gasteiger partial charge in [0.2, 0.25) is 0 Å². The average molecular weight is 690 g/mol. The van der Waals surface area contributed by atoms with Crippen molar-refractivity contribution in [2.24, 2.45) is 5.73 Å². The molecule has 0 spiro atoms. The maximum Gasteiger partial charge on any atom is 0.472 e. The summed E-state index contributed by atoms with van der Waals surface area (Å²) in [6.07, 6.45) is 32.4. The Kier molecular flexibility index (Phi) is 33.7. The largest absolute Gasteiger partial charge is 0.472 e. The molecule has 0 aliphatic carbocycles. The first-order chi connectivity index (χ1) is 22.8. The Morgan fingerprint density at radius 2 is 1.04 bits per heavy atom. The number of ether oxygens (including phenoxy) is 2. The van der Waals surface area contributed by atoms with Crippen LogP contribution in [0.25, 0.3) is 0 Å². The van der Waals surface area contributed by atoms with Crippen molar-refractivity contribution in [2.45, 2.75) is 187 Å². The number of carbonyl (C=O) groups is 2. The van der Waals surface area contributed by atoms with E-state index in [-0.39, 0.29) is 38.6 Å². The highest BCUT2D eigenvalue weighted by Gasteiger charge is 2.25. The van der Waals surface area contributed by atoms with Crippen LogP contribution in [0.3, 0.4) is 0 Å². The minimum absolute atomic E-state index is 0.0545. The van der Waals surface area contributed by atoms with E-state index in [1.165, 1.54) is 96.3 Å². The molecule has 0 aromatic carbocycles. The molecule has 10 heteroatoms. The molecule has 2 atom stereocenters. The zero-order valence-electron chi connectivity index (χ0n) is 30.3. The second-order valence-corrected chi connectivity index (χ2v) is 14.3. The molecule has 0 saturated heterocycles. The summed E-state index contributed by atoms with van der Waals surface area (Å²) in [5, 5.41) is 0. The lowest BCUT2D eigenvalue weighted by atomic mass is 10.1. The van der Waals surface area contributed by atoms with E-state index in [1.54, 1.807) is 0 Å². The molecule has 0 aromatic rings. The van der Waals surface area contributed by atoms with Gasteiger partial charge >= 0.3 is 19.8 Å². The number of hydrogen-bond donors (Lipinski definition) is 2. The van der Waals surface area contributed by atoms with Crippen LogP contribution in [-0.4, -0.2) is 49.3 Å². The normalized spacial score (nSPS) is 13.5. The number of rotatable bonds is 36. The van der Waals surface area contributed by atoms with E-state index in [9.17, 15) is 19.0 Å². The standard InChI is InChI=1S/C37H72NO8P/c1-3-5-7-9-11-13-15-16-17-18-20-22-24-26-28-30-37(40)46-35(34-45-47(41,42)44-32-31-38)33-43-36(39)29-27-25-23-21-19-14-12-10-8-6-4-2/h16-17,35H,3-15,18-34,38H2,1-2H3,(H,41,42)/b17-16-. The predicted octanol–water partition coefficient (Wildman–Crippen LogP) is 10.3. The van der Waals surface area contributed by atoms with Gasteiger partial charge in [-0.25, -0.2) is 4.57 Å². The highest BCUT2D eigenvalue weighted by atomic mass is 31.2. The van der Waals surface area contributed by atoms with E-state index in [0.717, 1.165) is 51.4 Å². The van der Waals surface area contributed by atoms with Crippen molar-refractivity contribution in [2.75, 3.05) is 26.4 Å². The summed E-state index contributed by atoms with van der Waals surface area (Å²) in [6, 6.07) is 0. The summed E-state index contributed by atoms with van der Waals surface area (Å²) in [7, 11) is -4.37. The summed E-state index contributed by atoms with van der Waals surface area (Å²) in [4.78, 5) is 34.7. The number of phosphoric acid groups is 1. The van der Waals surface area contributed by atoms with Gasteiger partial charge in [0, 0.05) is 19.4 Å². The van der Waals surface area contributed by atoms with Crippen molar-refractivity contribution in [1.82, 2.24) is 0 Å². The maximum absolute atomic E-state index is 12.5. The van der Waals surface area contributed by atoms with Crippen molar-refractivity contribution in [3.63, 3.8) is 0 Å². The second kappa shape index (κ2) is 34.6. The topological polar surface area (TPSA) is 134 Å². The van der Waals surface area contributed by atoms with Crippen molar-refractivity contribution in [3.8, 4) is 0 Å². The number of esters is 2. The van der Waals surface area contributed by atoms with Crippen molar-refractivity contribution >= 4 is 19.8 Å². The molecular weight excluding hydrogens is 617 g/mol. The van der Waals surface area contributed by atoms with Gasteiger partial charge in [0.1, 0.15) is 6.61 Å². The van der Waals surface area contributed by atoms with Gasteiger partial charge in [-0.2, -0.15) is 0 Å². The van der Waals surface area contributed by atoms with Crippen molar-refractivity contribution in [3.05, 3.63) is 12.2 Å². The summed E-state index contributed by atoms with van der Waals surface area (Å²) in [6.45, 7) is 3.71. The minimum atomic E-state index is -4.37. The fourth-order valence-electron chi connectivity index (χ4n) is 5.28. The predicted molar refractivity (Wildman–Crippen MR) is 192 cm³/mol. The summed E-state index contributed by atoms with van der Waals surface area (Å²) >= 11 is 0. The number of phosphoric ester groups is 1. The third kappa shape index (κ3) is 34.4. The van der Waals surface area contributed by atoms with E-state index >= 15 is 0 Å². The molecule has 0 saturated carbocycles. The first-order valence-corrected chi connectivity index (χ1v) is 20.7. The van der Waals surface area contributed by atoms with Gasteiger partial charge in [0.05, 0.1) is 13.2 Å². The Morgan fingerprint density at radius 3 is 1.51 bits per heavy atom. The Balaban J connectivity index is 4.22. The molecular formula is C37H72NO8P. The van der Waals surface area contributed by atoms with Gasteiger partial charge in [-0.3, -0.25) is 18.6 Å². The van der Waals surface area contributed by atoms with Crippen LogP contribution in [0, 0.1) is 0 Å². The SMILES string of the molecule is CCCCCCCC/C=C\CCCCCCCC(=O)OC(COC(=O)CCCCCCCCCCCCC)COP(=O)(O)OCCN. The molecule has 0 rings (SSSR count). The smallest absolute Gasteiger partial charge is 0.462 e. The molecule has 0 bridgehead atoms. The number of carbonyl (C=O) groups excluding carboxylic acids is 2. The molecule has 3 N–H and O–H groups in total. The van der Waals surface area contributed by atoms with Gasteiger partial charge in [-0.1, -0.05) is 142 Å². The molecule has 0 heterocycles. The van der Waals surface area contributed by atoms with Gasteiger partial charge in [0.15, 0.2) is 6.10 Å². The Bertz CT molecular complexity index is 794. The Morgan fingerprint density at radius 1 is 0.617 bits per heavy atom. The van der Waals surface area contributed by atoms with Crippen LogP contribution in [0.15, 0.2) is 12.2 Å². The zero-order chi connectivity index (χ0) is 34.7. The van der Waals surface area contributed by atoms with Crippen LogP contribution < -0.4 is 5.73 Å². The molecule has 0 radical (unpaired) electrons. The highest BCUT2D eigenvalue weighted by Crippen LogP contribution is 2.43. The average Bonchev–Trinajstić information content (AvgIpc) is 3.05. The molecule has 0 aliphatic heterocycles. The van der Waals surface area contributed by atoms with Crippen LogP contribution in [0.2, 0.25) is 0 Å². The first-order valence-electron chi connectivity index (χ1n) is 19.2. The third-order valence-electron chi connectivity index (χ3n) is 8.15. The maximum atomic E-state index is 12.5. The fourth-order valence-corrected chi connectivity index (χ4v) is 6.04. The lowest BCUT2D eigenvalue weighted by molar-refractivity contribution is -0.161. The van der Waals surface area contributed by atoms with Crippen LogP contribution >= 0.6 is 7.82 Å². The quantitative estimate of drug-likeness (QED) is 0.0285. The number of hydrogen-bond acceptors (Lipinski definition) is 8. The molecule has 47 heavy (non-hydrogen) atoms. The zero-order valence-corrected chi connectivity index (χ0v) is 31.2. The van der Waals surface area contributed by atoms with Crippen molar-refractivity contribution < 1.29 is 37.6 Å². The van der Waals surface area contributed by atoms with Crippen molar-refractivity contribution in [1.29, 1.82) is 0 Å². The van der Waals surface area contributed by atoms with E-state index in [1.807, 2.05) is 0 Å². The molecule has 0 amide bonds. The van der Waals surface area contributed by atoms with Crippen LogP contribution in [-0.2, 0) is 32.7 Å². The van der Waals surface area contributed by atoms with E-state index in [4.69, 9.17) is 24.3 Å². The molecule has 2 unspecified atom stereocenters. The number of allylic oxidation sites excluding steroid dienone is 2. The van der Waals surface area contributed by atoms with Crippen LogP contribution in [0.5, 0.6) is 0 Å². The molecule has 0 aliphatic rings. The molecule has 9 nitrogen and oxygen atoms in total. The van der Waals surface area contributed by atoms with Gasteiger partial charge in [-0.05, 0) is 38.5 Å². The number of nitrogens with two attached hydrogens (primary N) is 1. The molecule has 0 aromatic heterocycles. The monoisotopic (exact) mass is 689 g/mol. The van der Waals surface area contributed by atoms with E-state index in [0.29, 0.717) is 6.42 Å². The number of unbranched alkanes of at least 4 members (excludes halogenated alkanes) is 21. The summed E-state index contributed by atoms with van der Waals surface area (Å²) < 4.78 is 32.6. The van der Waals surface area contributed by atoms with Crippen LogP contribution in [0.4, 0.5) is 0 Å². The summed E-state index contributed by atoms with van der Waals surface area (Å²) in [5.74, 6) is -0.834. The van der Waals surface area contributed by atoms with Gasteiger partial charge < -0.3 is 20.1 Å². The Labute approximate surface area is 288 Å². The highest BCUT2D eigenvalue weighted by molar-refractivity contribution is 7.47. The second-order valence-electron chi connectivity index (χ2n) is 12.8. The third-order valence-corrected chi connectivity index (χ3v) is 9.14. The van der Waals surface area contributed by atoms with E-state index < -0.39 is 26.5 Å². The van der Waals surface area contributed by atoms with Gasteiger partial charge in [0.25, 0.3) is 0 Å². The lowest BCUT2D eigenvalue weighted by Gasteiger charge is -2.19. The first kappa shape index (κ1) is 45.8. The van der Waals surface area contributed by atoms with Gasteiger partial charge in [-0.15, -0.1) is 0 Å². The minimum Gasteiger partial charge on any atom is -0.462 e. The summed E-state index contributed by atoms with van der Waals surface area (Å²) in [5.41, 5.74) is 5.33. The Hall–Kier alpha value is -1.25. The lowest BCUT2D eigenvalue weighted by Crippen LogP contribution is -2.29. The van der Waals surface area contributed by atoms with Crippen LogP contribution in [0.1, 0.15) is 181 Å².